The van der Waals surface area contributed by atoms with Crippen LogP contribution in [-0.4, -0.2) is 53.5 Å². The highest BCUT2D eigenvalue weighted by Gasteiger charge is 2.35. The lowest BCUT2D eigenvalue weighted by molar-refractivity contribution is -0.137. The van der Waals surface area contributed by atoms with E-state index in [1.165, 1.54) is 17.7 Å². The third kappa shape index (κ3) is 5.32. The van der Waals surface area contributed by atoms with Gasteiger partial charge < -0.3 is 9.64 Å². The Labute approximate surface area is 171 Å². The van der Waals surface area contributed by atoms with Gasteiger partial charge >= 0.3 is 0 Å². The Morgan fingerprint density at radius 2 is 1.93 bits per heavy atom. The number of likely N-dealkylation sites (tertiary alicyclic amines) is 2. The molecule has 0 spiro atoms. The first-order chi connectivity index (χ1) is 14.2. The van der Waals surface area contributed by atoms with Crippen LogP contribution in [0.5, 0.6) is 5.75 Å². The van der Waals surface area contributed by atoms with E-state index in [4.69, 9.17) is 4.74 Å². The van der Waals surface area contributed by atoms with Gasteiger partial charge in [-0.2, -0.15) is 0 Å². The molecule has 2 aliphatic rings. The molecule has 0 N–H and O–H groups in total. The van der Waals surface area contributed by atoms with Gasteiger partial charge in [0.25, 0.3) is 0 Å². The van der Waals surface area contributed by atoms with E-state index in [1.807, 2.05) is 17.0 Å². The van der Waals surface area contributed by atoms with Gasteiger partial charge in [-0.3, -0.25) is 14.7 Å². The van der Waals surface area contributed by atoms with Crippen molar-refractivity contribution in [3.8, 4) is 5.75 Å². The first-order valence-electron chi connectivity index (χ1n) is 10.5. The van der Waals surface area contributed by atoms with Crippen LogP contribution in [0.25, 0.3) is 0 Å². The van der Waals surface area contributed by atoms with Crippen molar-refractivity contribution in [2.24, 2.45) is 11.8 Å². The minimum absolute atomic E-state index is 0.00945. The molecule has 0 bridgehead atoms. The number of aromatic nitrogens is 1. The summed E-state index contributed by atoms with van der Waals surface area (Å²) < 4.78 is 19.3. The predicted molar refractivity (Wildman–Crippen MR) is 109 cm³/mol. The molecule has 0 radical (unpaired) electrons. The number of carbonyl (C=O) groups excluding carboxylic acids is 1. The van der Waals surface area contributed by atoms with E-state index in [2.05, 4.69) is 9.88 Å². The highest BCUT2D eigenvalue weighted by atomic mass is 19.1. The number of rotatable bonds is 6. The summed E-state index contributed by atoms with van der Waals surface area (Å²) in [5, 5.41) is 0. The number of hydrogen-bond acceptors (Lipinski definition) is 4. The molecule has 3 heterocycles. The van der Waals surface area contributed by atoms with Crippen molar-refractivity contribution in [3.05, 3.63) is 60.2 Å². The number of ether oxygens (including phenoxy) is 1. The molecule has 2 aliphatic heterocycles. The number of benzene rings is 1. The number of piperidine rings is 1. The fourth-order valence-electron chi connectivity index (χ4n) is 4.44. The number of amides is 1. The smallest absolute Gasteiger partial charge is 0.226 e. The molecule has 5 nitrogen and oxygen atoms in total. The maximum atomic E-state index is 13.4. The van der Waals surface area contributed by atoms with Gasteiger partial charge in [0.05, 0.1) is 12.5 Å². The average Bonchev–Trinajstić information content (AvgIpc) is 3.27. The van der Waals surface area contributed by atoms with Crippen molar-refractivity contribution in [2.75, 3.05) is 32.8 Å². The maximum Gasteiger partial charge on any atom is 0.226 e. The number of pyridine rings is 1. The van der Waals surface area contributed by atoms with E-state index >= 15 is 0 Å². The fraction of sp³-hybridized carbons (Fsp3) is 0.478. The standard InChI is InChI=1S/C23H28FN3O2/c24-21-4-3-5-22(13-21)29-17-19-12-20(23(28)27-10-1-2-11-27)16-26(15-19)14-18-6-8-25-9-7-18/h3-9,13,19-20H,1-2,10-12,14-17H2/t19-,20+/m0/s1. The molecule has 1 aromatic heterocycles. The van der Waals surface area contributed by atoms with Crippen LogP contribution in [0, 0.1) is 17.7 Å². The van der Waals surface area contributed by atoms with E-state index < -0.39 is 0 Å². The van der Waals surface area contributed by atoms with Gasteiger partial charge in [0, 0.05) is 57.1 Å². The summed E-state index contributed by atoms with van der Waals surface area (Å²) in [6.07, 6.45) is 6.63. The van der Waals surface area contributed by atoms with E-state index in [9.17, 15) is 9.18 Å². The average molecular weight is 397 g/mol. The third-order valence-corrected chi connectivity index (χ3v) is 5.82. The summed E-state index contributed by atoms with van der Waals surface area (Å²) in [5.41, 5.74) is 1.19. The van der Waals surface area contributed by atoms with E-state index in [-0.39, 0.29) is 23.6 Å². The molecule has 2 fully saturated rings. The van der Waals surface area contributed by atoms with Crippen LogP contribution in [0.4, 0.5) is 4.39 Å². The Balaban J connectivity index is 1.43. The van der Waals surface area contributed by atoms with Crippen molar-refractivity contribution in [1.29, 1.82) is 0 Å². The van der Waals surface area contributed by atoms with E-state index in [0.717, 1.165) is 52.0 Å². The number of carbonyl (C=O) groups is 1. The summed E-state index contributed by atoms with van der Waals surface area (Å²) in [5.74, 6) is 0.735. The van der Waals surface area contributed by atoms with Gasteiger partial charge in [0.15, 0.2) is 0 Å². The minimum Gasteiger partial charge on any atom is -0.493 e. The second-order valence-electron chi connectivity index (χ2n) is 8.15. The van der Waals surface area contributed by atoms with E-state index in [0.29, 0.717) is 12.4 Å². The zero-order valence-electron chi connectivity index (χ0n) is 16.7. The molecule has 2 saturated heterocycles. The Morgan fingerprint density at radius 3 is 2.69 bits per heavy atom. The zero-order valence-corrected chi connectivity index (χ0v) is 16.7. The summed E-state index contributed by atoms with van der Waals surface area (Å²) in [6, 6.07) is 10.3. The van der Waals surface area contributed by atoms with Crippen LogP contribution in [0.3, 0.4) is 0 Å². The first-order valence-corrected chi connectivity index (χ1v) is 10.5. The Morgan fingerprint density at radius 1 is 1.14 bits per heavy atom. The molecule has 4 rings (SSSR count). The van der Waals surface area contributed by atoms with Crippen molar-refractivity contribution in [1.82, 2.24) is 14.8 Å². The highest BCUT2D eigenvalue weighted by molar-refractivity contribution is 5.79. The Hall–Kier alpha value is -2.47. The quantitative estimate of drug-likeness (QED) is 0.750. The molecule has 29 heavy (non-hydrogen) atoms. The fourth-order valence-corrected chi connectivity index (χ4v) is 4.44. The monoisotopic (exact) mass is 397 g/mol. The van der Waals surface area contributed by atoms with Gasteiger partial charge in [-0.25, -0.2) is 4.39 Å². The summed E-state index contributed by atoms with van der Waals surface area (Å²) >= 11 is 0. The zero-order chi connectivity index (χ0) is 20.1. The molecule has 2 aromatic rings. The number of nitrogens with zero attached hydrogens (tertiary/aromatic N) is 3. The molecule has 1 aromatic carbocycles. The van der Waals surface area contributed by atoms with Crippen molar-refractivity contribution in [2.45, 2.75) is 25.8 Å². The summed E-state index contributed by atoms with van der Waals surface area (Å²) in [7, 11) is 0. The first kappa shape index (κ1) is 19.8. The topological polar surface area (TPSA) is 45.7 Å². The number of hydrogen-bond donors (Lipinski definition) is 0. The molecule has 6 heteroatoms. The van der Waals surface area contributed by atoms with E-state index in [1.54, 1.807) is 24.5 Å². The molecule has 1 amide bonds. The third-order valence-electron chi connectivity index (χ3n) is 5.82. The maximum absolute atomic E-state index is 13.4. The van der Waals surface area contributed by atoms with Crippen molar-refractivity contribution in [3.63, 3.8) is 0 Å². The largest absolute Gasteiger partial charge is 0.493 e. The van der Waals surface area contributed by atoms with Crippen LogP contribution < -0.4 is 4.74 Å². The lowest BCUT2D eigenvalue weighted by Gasteiger charge is -2.38. The second-order valence-corrected chi connectivity index (χ2v) is 8.15. The van der Waals surface area contributed by atoms with Gasteiger partial charge in [0.2, 0.25) is 5.91 Å². The van der Waals surface area contributed by atoms with Crippen molar-refractivity contribution < 1.29 is 13.9 Å². The SMILES string of the molecule is O=C([C@@H]1C[C@H](COc2cccc(F)c2)CN(Cc2ccncc2)C1)N1CCCC1. The molecule has 2 atom stereocenters. The molecular formula is C23H28FN3O2. The molecule has 0 unspecified atom stereocenters. The Bertz CT molecular complexity index is 811. The number of halogens is 1. The lowest BCUT2D eigenvalue weighted by Crippen LogP contribution is -2.48. The molecule has 154 valence electrons. The second kappa shape index (κ2) is 9.35. The van der Waals surface area contributed by atoms with Crippen LogP contribution in [0.15, 0.2) is 48.8 Å². The van der Waals surface area contributed by atoms with Gasteiger partial charge in [-0.05, 0) is 49.1 Å². The van der Waals surface area contributed by atoms with Crippen LogP contribution >= 0.6 is 0 Å². The van der Waals surface area contributed by atoms with Gasteiger partial charge in [-0.15, -0.1) is 0 Å². The van der Waals surface area contributed by atoms with Gasteiger partial charge in [-0.1, -0.05) is 6.07 Å². The summed E-state index contributed by atoms with van der Waals surface area (Å²) in [4.78, 5) is 21.5. The highest BCUT2D eigenvalue weighted by Crippen LogP contribution is 2.27. The Kier molecular flexibility index (Phi) is 6.39. The molecule has 0 aliphatic carbocycles. The van der Waals surface area contributed by atoms with Crippen molar-refractivity contribution >= 4 is 5.91 Å². The molecular weight excluding hydrogens is 369 g/mol. The van der Waals surface area contributed by atoms with Crippen LogP contribution in [0.1, 0.15) is 24.8 Å². The van der Waals surface area contributed by atoms with Gasteiger partial charge in [0.1, 0.15) is 11.6 Å². The molecule has 0 saturated carbocycles. The van der Waals surface area contributed by atoms with Crippen LogP contribution in [0.2, 0.25) is 0 Å². The summed E-state index contributed by atoms with van der Waals surface area (Å²) in [6.45, 7) is 4.67. The minimum atomic E-state index is -0.299. The van der Waals surface area contributed by atoms with Crippen LogP contribution in [-0.2, 0) is 11.3 Å². The predicted octanol–water partition coefficient (Wildman–Crippen LogP) is 3.36. The lowest BCUT2D eigenvalue weighted by atomic mass is 9.88. The normalized spacial score (nSPS) is 22.6.